The summed E-state index contributed by atoms with van der Waals surface area (Å²) in [6, 6.07) is 17.4. The standard InChI is InChI=1S/C23H24N4O3/c1-2-29-17-22-25-20-16-27(28)21-12-7-6-11-19(21)23(20)26(22)13-8-14-30-24-15-18-9-4-3-5-10-18/h3-7,9-12,15-16H,2,8,13-14,17H2,1H3/b24-15+. The molecule has 0 aliphatic carbocycles. The Morgan fingerprint density at radius 3 is 2.77 bits per heavy atom. The Bertz CT molecular complexity index is 1160. The lowest BCUT2D eigenvalue weighted by molar-refractivity contribution is -0.575. The molecule has 2 aromatic heterocycles. The molecule has 0 radical (unpaired) electrons. The highest BCUT2D eigenvalue weighted by atomic mass is 16.6. The summed E-state index contributed by atoms with van der Waals surface area (Å²) in [4.78, 5) is 10.1. The van der Waals surface area contributed by atoms with Crippen LogP contribution in [0.2, 0.25) is 0 Å². The molecule has 0 aliphatic heterocycles. The van der Waals surface area contributed by atoms with Gasteiger partial charge in [0, 0.05) is 25.6 Å². The van der Waals surface area contributed by atoms with E-state index in [1.165, 1.54) is 6.20 Å². The molecule has 2 heterocycles. The van der Waals surface area contributed by atoms with Crippen molar-refractivity contribution in [3.63, 3.8) is 0 Å². The van der Waals surface area contributed by atoms with Gasteiger partial charge in [-0.25, -0.2) is 4.98 Å². The molecule has 2 aromatic carbocycles. The van der Waals surface area contributed by atoms with Crippen molar-refractivity contribution in [2.75, 3.05) is 13.2 Å². The first kappa shape index (κ1) is 19.8. The molecule has 0 fully saturated rings. The molecular weight excluding hydrogens is 380 g/mol. The molecule has 0 aliphatic rings. The van der Waals surface area contributed by atoms with Crippen LogP contribution in [0.15, 0.2) is 65.9 Å². The van der Waals surface area contributed by atoms with Gasteiger partial charge in [0.05, 0.1) is 17.1 Å². The number of para-hydroxylation sites is 1. The molecule has 0 bridgehead atoms. The first-order valence-corrected chi connectivity index (χ1v) is 10.1. The first-order chi connectivity index (χ1) is 14.8. The molecule has 4 rings (SSSR count). The molecule has 30 heavy (non-hydrogen) atoms. The van der Waals surface area contributed by atoms with E-state index in [2.05, 4.69) is 14.7 Å². The van der Waals surface area contributed by atoms with Crippen LogP contribution in [0, 0.1) is 5.21 Å². The Balaban J connectivity index is 1.54. The lowest BCUT2D eigenvalue weighted by Gasteiger charge is -2.10. The van der Waals surface area contributed by atoms with Gasteiger partial charge >= 0.3 is 0 Å². The van der Waals surface area contributed by atoms with Crippen molar-refractivity contribution in [1.82, 2.24) is 9.55 Å². The van der Waals surface area contributed by atoms with Crippen LogP contribution in [0.25, 0.3) is 21.9 Å². The van der Waals surface area contributed by atoms with Crippen LogP contribution in [0.5, 0.6) is 0 Å². The number of fused-ring (bicyclic) bond motifs is 3. The second-order valence-electron chi connectivity index (χ2n) is 6.85. The van der Waals surface area contributed by atoms with Gasteiger partial charge in [-0.1, -0.05) is 47.6 Å². The highest BCUT2D eigenvalue weighted by molar-refractivity contribution is 6.00. The SMILES string of the molecule is CCOCc1nc2c[n+]([O-])c3ccccc3c2n1CCCO/N=C/c1ccccc1. The predicted octanol–water partition coefficient (Wildman–Crippen LogP) is 3.80. The number of rotatable bonds is 9. The molecule has 4 aromatic rings. The van der Waals surface area contributed by atoms with Gasteiger partial charge in [-0.05, 0) is 18.6 Å². The van der Waals surface area contributed by atoms with E-state index < -0.39 is 0 Å². The second-order valence-corrected chi connectivity index (χ2v) is 6.85. The van der Waals surface area contributed by atoms with Crippen molar-refractivity contribution in [2.24, 2.45) is 5.16 Å². The molecule has 0 saturated heterocycles. The zero-order valence-corrected chi connectivity index (χ0v) is 16.9. The fourth-order valence-corrected chi connectivity index (χ4v) is 3.46. The van der Waals surface area contributed by atoms with E-state index in [-0.39, 0.29) is 0 Å². The number of imidazole rings is 1. The third kappa shape index (κ3) is 4.26. The Morgan fingerprint density at radius 2 is 1.93 bits per heavy atom. The minimum absolute atomic E-state index is 0.394. The summed E-state index contributed by atoms with van der Waals surface area (Å²) in [5, 5.41) is 17.3. The first-order valence-electron chi connectivity index (χ1n) is 10.1. The molecule has 154 valence electrons. The molecule has 0 N–H and O–H groups in total. The van der Waals surface area contributed by atoms with Gasteiger partial charge < -0.3 is 19.3 Å². The van der Waals surface area contributed by atoms with Gasteiger partial charge in [0.25, 0.3) is 0 Å². The smallest absolute Gasteiger partial charge is 0.226 e. The quantitative estimate of drug-likeness (QED) is 0.140. The molecular formula is C23H24N4O3. The van der Waals surface area contributed by atoms with Crippen LogP contribution < -0.4 is 4.73 Å². The predicted molar refractivity (Wildman–Crippen MR) is 116 cm³/mol. The number of aromatic nitrogens is 3. The van der Waals surface area contributed by atoms with E-state index in [1.54, 1.807) is 6.21 Å². The molecule has 0 amide bonds. The fourth-order valence-electron chi connectivity index (χ4n) is 3.46. The van der Waals surface area contributed by atoms with Crippen molar-refractivity contribution in [3.05, 3.63) is 77.4 Å². The maximum atomic E-state index is 12.4. The number of pyridine rings is 1. The summed E-state index contributed by atoms with van der Waals surface area (Å²) >= 11 is 0. The number of hydrogen-bond donors (Lipinski definition) is 0. The molecule has 7 nitrogen and oxygen atoms in total. The van der Waals surface area contributed by atoms with Crippen molar-refractivity contribution >= 4 is 28.2 Å². The summed E-state index contributed by atoms with van der Waals surface area (Å²) in [7, 11) is 0. The normalized spacial score (nSPS) is 11.6. The van der Waals surface area contributed by atoms with Gasteiger partial charge in [0.15, 0.2) is 5.52 Å². The Labute approximate surface area is 174 Å². The lowest BCUT2D eigenvalue weighted by Crippen LogP contribution is -2.26. The van der Waals surface area contributed by atoms with E-state index in [9.17, 15) is 5.21 Å². The van der Waals surface area contributed by atoms with E-state index in [0.717, 1.165) is 33.4 Å². The third-order valence-corrected chi connectivity index (χ3v) is 4.84. The zero-order chi connectivity index (χ0) is 20.8. The molecule has 0 atom stereocenters. The maximum Gasteiger partial charge on any atom is 0.226 e. The van der Waals surface area contributed by atoms with Crippen LogP contribution in [-0.2, 0) is 22.7 Å². The van der Waals surface area contributed by atoms with Crippen molar-refractivity contribution < 1.29 is 14.3 Å². The molecule has 0 saturated carbocycles. The van der Waals surface area contributed by atoms with Crippen LogP contribution in [0.3, 0.4) is 0 Å². The number of ether oxygens (including phenoxy) is 1. The van der Waals surface area contributed by atoms with Gasteiger partial charge in [0.2, 0.25) is 11.7 Å². The summed E-state index contributed by atoms with van der Waals surface area (Å²) in [5.41, 5.74) is 3.23. The minimum atomic E-state index is 0.394. The number of oxime groups is 1. The van der Waals surface area contributed by atoms with Gasteiger partial charge in [-0.15, -0.1) is 0 Å². The largest absolute Gasteiger partial charge is 0.618 e. The maximum absolute atomic E-state index is 12.4. The monoisotopic (exact) mass is 404 g/mol. The van der Waals surface area contributed by atoms with Gasteiger partial charge in [0.1, 0.15) is 19.0 Å². The van der Waals surface area contributed by atoms with Crippen molar-refractivity contribution in [1.29, 1.82) is 0 Å². The second kappa shape index (κ2) is 9.37. The van der Waals surface area contributed by atoms with E-state index in [1.807, 2.05) is 61.5 Å². The number of nitrogens with zero attached hydrogens (tertiary/aromatic N) is 4. The highest BCUT2D eigenvalue weighted by Gasteiger charge is 2.18. The molecule has 0 spiro atoms. The number of aryl methyl sites for hydroxylation is 1. The minimum Gasteiger partial charge on any atom is -0.618 e. The zero-order valence-electron chi connectivity index (χ0n) is 16.9. The Hall–Kier alpha value is -3.45. The van der Waals surface area contributed by atoms with E-state index in [4.69, 9.17) is 9.57 Å². The average Bonchev–Trinajstić information content (AvgIpc) is 3.12. The summed E-state index contributed by atoms with van der Waals surface area (Å²) < 4.78 is 8.60. The lowest BCUT2D eigenvalue weighted by atomic mass is 10.2. The topological polar surface area (TPSA) is 75.6 Å². The van der Waals surface area contributed by atoms with E-state index >= 15 is 0 Å². The Kier molecular flexibility index (Phi) is 6.20. The fraction of sp³-hybridized carbons (Fsp3) is 0.261. The Morgan fingerprint density at radius 1 is 1.13 bits per heavy atom. The molecule has 7 heteroatoms. The third-order valence-electron chi connectivity index (χ3n) is 4.84. The van der Waals surface area contributed by atoms with Crippen molar-refractivity contribution in [3.8, 4) is 0 Å². The number of benzene rings is 2. The van der Waals surface area contributed by atoms with Crippen molar-refractivity contribution in [2.45, 2.75) is 26.5 Å². The van der Waals surface area contributed by atoms with Crippen LogP contribution >= 0.6 is 0 Å². The van der Waals surface area contributed by atoms with E-state index in [0.29, 0.717) is 37.4 Å². The van der Waals surface area contributed by atoms with Crippen LogP contribution in [0.1, 0.15) is 24.7 Å². The molecule has 0 unspecified atom stereocenters. The van der Waals surface area contributed by atoms with Gasteiger partial charge in [-0.3, -0.25) is 0 Å². The van der Waals surface area contributed by atoms with Crippen LogP contribution in [-0.4, -0.2) is 29.0 Å². The van der Waals surface area contributed by atoms with Gasteiger partial charge in [-0.2, -0.15) is 4.73 Å². The number of hydrogen-bond acceptors (Lipinski definition) is 5. The summed E-state index contributed by atoms with van der Waals surface area (Å²) in [5.74, 6) is 0.802. The van der Waals surface area contributed by atoms with Crippen LogP contribution in [0.4, 0.5) is 0 Å². The summed E-state index contributed by atoms with van der Waals surface area (Å²) in [6.07, 6.45) is 3.98. The summed E-state index contributed by atoms with van der Waals surface area (Å²) in [6.45, 7) is 4.11. The highest BCUT2D eigenvalue weighted by Crippen LogP contribution is 2.24. The average molecular weight is 404 g/mol.